The van der Waals surface area contributed by atoms with Gasteiger partial charge in [-0.3, -0.25) is 14.9 Å². The number of non-ortho nitro benzene ring substituents is 1. The highest BCUT2D eigenvalue weighted by Gasteiger charge is 2.22. The molecule has 0 aliphatic heterocycles. The highest BCUT2D eigenvalue weighted by atomic mass is 16.6. The number of nitrogens with one attached hydrogen (secondary N) is 1. The van der Waals surface area contributed by atoms with Crippen molar-refractivity contribution in [2.45, 2.75) is 45.8 Å². The number of nitro benzene ring substituents is 1. The van der Waals surface area contributed by atoms with Crippen LogP contribution in [0.25, 0.3) is 10.9 Å². The number of hydrogen-bond donors (Lipinski definition) is 1. The van der Waals surface area contributed by atoms with Crippen molar-refractivity contribution in [1.82, 2.24) is 9.88 Å². The van der Waals surface area contributed by atoms with E-state index in [9.17, 15) is 19.7 Å². The normalized spacial score (nSPS) is 11.3. The van der Waals surface area contributed by atoms with Gasteiger partial charge in [0.2, 0.25) is 5.56 Å². The quantitative estimate of drug-likeness (QED) is 0.193. The monoisotopic (exact) mass is 543 g/mol. The van der Waals surface area contributed by atoms with E-state index >= 15 is 0 Å². The smallest absolute Gasteiger partial charge is 0.410 e. The van der Waals surface area contributed by atoms with E-state index in [1.807, 2.05) is 63.2 Å². The summed E-state index contributed by atoms with van der Waals surface area (Å²) in [6.07, 6.45) is 0.591. The fourth-order valence-electron chi connectivity index (χ4n) is 4.28. The van der Waals surface area contributed by atoms with Crippen molar-refractivity contribution < 1.29 is 19.2 Å². The zero-order chi connectivity index (χ0) is 28.7. The topological polar surface area (TPSA) is 115 Å². The van der Waals surface area contributed by atoms with E-state index in [0.717, 1.165) is 22.1 Å². The van der Waals surface area contributed by atoms with Gasteiger partial charge in [0.05, 0.1) is 10.4 Å². The lowest BCUT2D eigenvalue weighted by Gasteiger charge is -2.27. The first-order valence-corrected chi connectivity index (χ1v) is 13.1. The molecule has 0 atom stereocenters. The number of carbonyl (C=O) groups is 1. The van der Waals surface area contributed by atoms with Crippen LogP contribution in [0.15, 0.2) is 83.7 Å². The Labute approximate surface area is 232 Å². The van der Waals surface area contributed by atoms with Crippen LogP contribution in [0.5, 0.6) is 5.75 Å². The second kappa shape index (κ2) is 12.5. The molecular formula is C31H33N3O6. The molecule has 0 saturated heterocycles. The third-order valence-corrected chi connectivity index (χ3v) is 6.30. The fraction of sp³-hybridized carbons (Fsp3) is 0.290. The van der Waals surface area contributed by atoms with E-state index in [4.69, 9.17) is 9.47 Å². The molecule has 0 unspecified atom stereocenters. The number of benzene rings is 3. The van der Waals surface area contributed by atoms with Gasteiger partial charge in [-0.05, 0) is 62.4 Å². The van der Waals surface area contributed by atoms with Gasteiger partial charge in [-0.25, -0.2) is 4.79 Å². The summed E-state index contributed by atoms with van der Waals surface area (Å²) in [5.74, 6) is 0.572. The van der Waals surface area contributed by atoms with E-state index in [-0.39, 0.29) is 11.2 Å². The van der Waals surface area contributed by atoms with Crippen molar-refractivity contribution in [1.29, 1.82) is 0 Å². The molecule has 4 rings (SSSR count). The van der Waals surface area contributed by atoms with Crippen LogP contribution in [0.3, 0.4) is 0 Å². The first-order valence-electron chi connectivity index (χ1n) is 13.1. The number of rotatable bonds is 10. The summed E-state index contributed by atoms with van der Waals surface area (Å²) in [7, 11) is 0. The number of ether oxygens (including phenoxy) is 2. The Balaban J connectivity index is 1.52. The maximum atomic E-state index is 13.1. The lowest BCUT2D eigenvalue weighted by atomic mass is 10.0. The molecule has 9 heteroatoms. The molecule has 4 aromatic rings. The summed E-state index contributed by atoms with van der Waals surface area (Å²) in [5, 5.41) is 11.8. The number of nitrogens with zero attached hydrogens (tertiary/aromatic N) is 2. The lowest BCUT2D eigenvalue weighted by molar-refractivity contribution is -0.384. The zero-order valence-corrected chi connectivity index (χ0v) is 22.9. The van der Waals surface area contributed by atoms with Crippen molar-refractivity contribution >= 4 is 22.7 Å². The third-order valence-electron chi connectivity index (χ3n) is 6.30. The minimum absolute atomic E-state index is 0.0221. The van der Waals surface area contributed by atoms with Crippen molar-refractivity contribution in [2.75, 3.05) is 13.1 Å². The van der Waals surface area contributed by atoms with Crippen molar-refractivity contribution in [2.24, 2.45) is 0 Å². The maximum Gasteiger partial charge on any atom is 0.410 e. The van der Waals surface area contributed by atoms with Crippen LogP contribution in [0.4, 0.5) is 10.5 Å². The van der Waals surface area contributed by atoms with Gasteiger partial charge in [0.1, 0.15) is 18.0 Å². The Morgan fingerprint density at radius 1 is 0.900 bits per heavy atom. The number of amides is 1. The number of aromatic nitrogens is 1. The Morgan fingerprint density at radius 3 is 2.27 bits per heavy atom. The second-order valence-electron chi connectivity index (χ2n) is 10.5. The summed E-state index contributed by atoms with van der Waals surface area (Å²) in [4.78, 5) is 40.3. The molecule has 0 spiro atoms. The first-order chi connectivity index (χ1) is 19.1. The zero-order valence-electron chi connectivity index (χ0n) is 22.9. The number of aromatic amines is 1. The minimum atomic E-state index is -0.660. The minimum Gasteiger partial charge on any atom is -0.487 e. The molecule has 0 radical (unpaired) electrons. The molecule has 0 aliphatic carbocycles. The van der Waals surface area contributed by atoms with E-state index in [0.29, 0.717) is 43.8 Å². The predicted molar refractivity (Wildman–Crippen MR) is 154 cm³/mol. The van der Waals surface area contributed by atoms with Crippen LogP contribution < -0.4 is 10.3 Å². The number of fused-ring (bicyclic) bond motifs is 1. The average molecular weight is 544 g/mol. The van der Waals surface area contributed by atoms with E-state index < -0.39 is 16.6 Å². The Bertz CT molecular complexity index is 1530. The van der Waals surface area contributed by atoms with Crippen LogP contribution in [0.2, 0.25) is 0 Å². The van der Waals surface area contributed by atoms with E-state index in [2.05, 4.69) is 4.98 Å². The van der Waals surface area contributed by atoms with Gasteiger partial charge in [-0.2, -0.15) is 0 Å². The summed E-state index contributed by atoms with van der Waals surface area (Å²) < 4.78 is 11.7. The van der Waals surface area contributed by atoms with Gasteiger partial charge in [0.15, 0.2) is 0 Å². The second-order valence-corrected chi connectivity index (χ2v) is 10.5. The molecule has 0 fully saturated rings. The highest BCUT2D eigenvalue weighted by Crippen LogP contribution is 2.27. The Hall–Kier alpha value is -4.66. The standard InChI is InChI=1S/C31H33N3O6/c1-31(2,3)40-30(36)33(19-17-22-9-12-25(13-10-22)34(37)38)20-18-24-11-15-27(29-26(24)14-16-28(35)32-29)39-21-23-7-5-4-6-8-23/h4-16H,17-21H2,1-3H3,(H,32,35). The summed E-state index contributed by atoms with van der Waals surface area (Å²) in [6.45, 7) is 6.56. The molecule has 0 aliphatic rings. The SMILES string of the molecule is CC(C)(C)OC(=O)N(CCc1ccc([N+](=O)[O-])cc1)CCc1ccc(OCc2ccccc2)c2[nH]c(=O)ccc12. The van der Waals surface area contributed by atoms with E-state index in [1.54, 1.807) is 23.1 Å². The van der Waals surface area contributed by atoms with Crippen molar-refractivity contribution in [3.05, 3.63) is 116 Å². The van der Waals surface area contributed by atoms with Gasteiger partial charge < -0.3 is 19.4 Å². The number of pyridine rings is 1. The number of H-pyrrole nitrogens is 1. The number of nitro groups is 1. The number of hydrogen-bond acceptors (Lipinski definition) is 6. The summed E-state index contributed by atoms with van der Waals surface area (Å²) >= 11 is 0. The first kappa shape index (κ1) is 28.4. The molecule has 208 valence electrons. The van der Waals surface area contributed by atoms with Crippen molar-refractivity contribution in [3.8, 4) is 5.75 Å². The van der Waals surface area contributed by atoms with Gasteiger partial charge in [-0.15, -0.1) is 0 Å². The molecule has 1 N–H and O–H groups in total. The molecular weight excluding hydrogens is 510 g/mol. The highest BCUT2D eigenvalue weighted by molar-refractivity contribution is 5.87. The van der Waals surface area contributed by atoms with Gasteiger partial charge in [-0.1, -0.05) is 48.5 Å². The molecule has 0 saturated carbocycles. The van der Waals surface area contributed by atoms with Crippen LogP contribution in [-0.4, -0.2) is 39.6 Å². The summed E-state index contributed by atoms with van der Waals surface area (Å²) in [5.41, 5.74) is 2.58. The molecule has 1 heterocycles. The number of carbonyl (C=O) groups excluding carboxylic acids is 1. The van der Waals surface area contributed by atoms with Gasteiger partial charge in [0, 0.05) is 36.7 Å². The summed E-state index contributed by atoms with van der Waals surface area (Å²) in [6, 6.07) is 23.1. The van der Waals surface area contributed by atoms with Crippen molar-refractivity contribution in [3.63, 3.8) is 0 Å². The van der Waals surface area contributed by atoms with Crippen LogP contribution in [0.1, 0.15) is 37.5 Å². The molecule has 1 amide bonds. The Kier molecular flexibility index (Phi) is 8.83. The average Bonchev–Trinajstić information content (AvgIpc) is 2.92. The Morgan fingerprint density at radius 2 is 1.60 bits per heavy atom. The van der Waals surface area contributed by atoms with Crippen LogP contribution >= 0.6 is 0 Å². The molecule has 0 bridgehead atoms. The largest absolute Gasteiger partial charge is 0.487 e. The van der Waals surface area contributed by atoms with E-state index in [1.165, 1.54) is 18.2 Å². The lowest BCUT2D eigenvalue weighted by Crippen LogP contribution is -2.39. The molecule has 40 heavy (non-hydrogen) atoms. The predicted octanol–water partition coefficient (Wildman–Crippen LogP) is 6.04. The molecule has 1 aromatic heterocycles. The molecule has 9 nitrogen and oxygen atoms in total. The molecule has 3 aromatic carbocycles. The van der Waals surface area contributed by atoms with Crippen LogP contribution in [-0.2, 0) is 24.2 Å². The van der Waals surface area contributed by atoms with Gasteiger partial charge >= 0.3 is 6.09 Å². The van der Waals surface area contributed by atoms with Gasteiger partial charge in [0.25, 0.3) is 5.69 Å². The maximum absolute atomic E-state index is 13.1. The third kappa shape index (κ3) is 7.69. The fourth-order valence-corrected chi connectivity index (χ4v) is 4.28. The van der Waals surface area contributed by atoms with Crippen LogP contribution in [0, 0.1) is 10.1 Å².